The maximum absolute atomic E-state index is 14.7. The Balaban J connectivity index is 1.57. The van der Waals surface area contributed by atoms with Gasteiger partial charge < -0.3 is 40.7 Å². The number of carbonyl (C=O) groups is 4. The first-order chi connectivity index (χ1) is 27.2. The van der Waals surface area contributed by atoms with E-state index in [2.05, 4.69) is 21.3 Å². The molecule has 57 heavy (non-hydrogen) atoms. The average Bonchev–Trinajstić information content (AvgIpc) is 3.20. The fourth-order valence-corrected chi connectivity index (χ4v) is 7.88. The monoisotopic (exact) mass is 800 g/mol. The molecule has 0 saturated heterocycles. The van der Waals surface area contributed by atoms with Crippen molar-refractivity contribution in [2.75, 3.05) is 0 Å². The molecule has 4 aromatic carbocycles. The van der Waals surface area contributed by atoms with Crippen molar-refractivity contribution in [3.63, 3.8) is 0 Å². The Morgan fingerprint density at radius 1 is 0.544 bits per heavy atom. The number of nitrogens with one attached hydrogen (secondary N) is 4. The minimum absolute atomic E-state index is 0.0290. The highest BCUT2D eigenvalue weighted by atomic mass is 31.2. The molecule has 14 heteroatoms. The van der Waals surface area contributed by atoms with Crippen molar-refractivity contribution in [1.29, 1.82) is 0 Å². The van der Waals surface area contributed by atoms with Gasteiger partial charge in [-0.25, -0.2) is 9.59 Å². The van der Waals surface area contributed by atoms with Crippen molar-refractivity contribution >= 4 is 31.4 Å². The molecular weight excluding hydrogens is 747 g/mol. The van der Waals surface area contributed by atoms with Gasteiger partial charge in [0, 0.05) is 6.42 Å². The molecular formula is C43H53N4O9P. The lowest BCUT2D eigenvalue weighted by Crippen LogP contribution is -2.56. The Kier molecular flexibility index (Phi) is 16.8. The van der Waals surface area contributed by atoms with Crippen molar-refractivity contribution in [3.05, 3.63) is 144 Å². The number of amides is 4. The number of benzene rings is 4. The zero-order chi connectivity index (χ0) is 41.4. The summed E-state index contributed by atoms with van der Waals surface area (Å²) >= 11 is 0. The summed E-state index contributed by atoms with van der Waals surface area (Å²) in [6.07, 6.45) is -1.95. The number of alkyl carbamates (subject to hydrolysis) is 2. The van der Waals surface area contributed by atoms with Crippen molar-refractivity contribution < 1.29 is 43.2 Å². The van der Waals surface area contributed by atoms with Crippen molar-refractivity contribution in [2.45, 2.75) is 83.5 Å². The van der Waals surface area contributed by atoms with E-state index in [4.69, 9.17) is 9.47 Å². The summed E-state index contributed by atoms with van der Waals surface area (Å²) in [5, 5.41) is 22.4. The van der Waals surface area contributed by atoms with Crippen LogP contribution in [-0.4, -0.2) is 63.8 Å². The predicted molar refractivity (Wildman–Crippen MR) is 217 cm³/mol. The summed E-state index contributed by atoms with van der Waals surface area (Å²) < 4.78 is 25.4. The molecule has 0 fully saturated rings. The van der Waals surface area contributed by atoms with Gasteiger partial charge in [0.15, 0.2) is 5.85 Å². The summed E-state index contributed by atoms with van der Waals surface area (Å²) in [6.45, 7) is 6.75. The molecule has 0 aliphatic heterocycles. The largest absolute Gasteiger partial charge is 0.445 e. The van der Waals surface area contributed by atoms with Crippen LogP contribution in [-0.2, 0) is 49.7 Å². The number of hydrogen-bond acceptors (Lipinski definition) is 8. The van der Waals surface area contributed by atoms with E-state index in [1.165, 1.54) is 0 Å². The highest BCUT2D eigenvalue weighted by Crippen LogP contribution is 2.52. The number of carbonyl (C=O) groups excluding carboxylic acids is 4. The van der Waals surface area contributed by atoms with E-state index in [9.17, 15) is 33.7 Å². The second-order valence-corrected chi connectivity index (χ2v) is 17.0. The van der Waals surface area contributed by atoms with Gasteiger partial charge >= 0.3 is 12.2 Å². The van der Waals surface area contributed by atoms with E-state index in [-0.39, 0.29) is 26.1 Å². The van der Waals surface area contributed by atoms with Crippen LogP contribution < -0.4 is 21.3 Å². The van der Waals surface area contributed by atoms with Crippen LogP contribution in [0.4, 0.5) is 9.59 Å². The SMILES string of the molecule is CC(C)C(NC(=O)OCc1ccccc1)C(=O)NC(Cc1ccccc1)C(O)P(=O)(O)C(Cc1ccccc1)NC(=O)C(NC(=O)OCc1ccccc1)C(C)C. The number of ether oxygens (including phenoxy) is 2. The Bertz CT molecular complexity index is 1920. The van der Waals surface area contributed by atoms with E-state index in [1.807, 2.05) is 12.1 Å². The van der Waals surface area contributed by atoms with Gasteiger partial charge in [0.25, 0.3) is 7.37 Å². The van der Waals surface area contributed by atoms with E-state index in [1.54, 1.807) is 137 Å². The first-order valence-electron chi connectivity index (χ1n) is 18.9. The maximum Gasteiger partial charge on any atom is 0.408 e. The normalized spacial score (nSPS) is 14.9. The molecule has 4 aromatic rings. The predicted octanol–water partition coefficient (Wildman–Crippen LogP) is 5.89. The molecule has 304 valence electrons. The molecule has 0 bridgehead atoms. The van der Waals surface area contributed by atoms with Gasteiger partial charge in [-0.05, 0) is 40.5 Å². The first kappa shape index (κ1) is 44.2. The van der Waals surface area contributed by atoms with Gasteiger partial charge in [-0.3, -0.25) is 14.2 Å². The number of aliphatic hydroxyl groups excluding tert-OH is 1. The molecule has 0 aliphatic rings. The highest BCUT2D eigenvalue weighted by Gasteiger charge is 2.45. The lowest BCUT2D eigenvalue weighted by Gasteiger charge is -2.34. The van der Waals surface area contributed by atoms with Crippen molar-refractivity contribution in [1.82, 2.24) is 21.3 Å². The summed E-state index contributed by atoms with van der Waals surface area (Å²) in [4.78, 5) is 65.4. The molecule has 6 atom stereocenters. The minimum Gasteiger partial charge on any atom is -0.445 e. The van der Waals surface area contributed by atoms with Gasteiger partial charge in [0.1, 0.15) is 31.1 Å². The number of aliphatic hydroxyl groups is 1. The third-order valence-electron chi connectivity index (χ3n) is 9.26. The van der Waals surface area contributed by atoms with Crippen LogP contribution in [0.3, 0.4) is 0 Å². The Hall–Kier alpha value is -5.49. The fraction of sp³-hybridized carbons (Fsp3) is 0.349. The lowest BCUT2D eigenvalue weighted by molar-refractivity contribution is -0.126. The van der Waals surface area contributed by atoms with Crippen LogP contribution in [0.2, 0.25) is 0 Å². The molecule has 0 aliphatic carbocycles. The van der Waals surface area contributed by atoms with Crippen molar-refractivity contribution in [2.24, 2.45) is 11.8 Å². The van der Waals surface area contributed by atoms with E-state index < -0.39 is 73.0 Å². The molecule has 0 radical (unpaired) electrons. The maximum atomic E-state index is 14.7. The quantitative estimate of drug-likeness (QED) is 0.0628. The third-order valence-corrected chi connectivity index (χ3v) is 11.6. The molecule has 0 spiro atoms. The Labute approximate surface area is 334 Å². The third kappa shape index (κ3) is 13.9. The van der Waals surface area contributed by atoms with Crippen LogP contribution in [0.1, 0.15) is 49.9 Å². The standard InChI is InChI=1S/C43H53N4O9P/c1-29(2)37(46-42(51)55-27-33-21-13-7-14-22-33)39(48)44-35(25-31-17-9-5-10-18-31)41(50)57(53,54)36(26-32-19-11-6-12-20-32)45-40(49)38(30(3)4)47-43(52)56-28-34-23-15-8-16-24-34/h5-24,29-30,35-38,41,50H,25-28H2,1-4H3,(H,44,48)(H,45,49)(H,46,51)(H,47,52)(H,53,54). The zero-order valence-corrected chi connectivity index (χ0v) is 33.5. The topological polar surface area (TPSA) is 192 Å². The van der Waals surface area contributed by atoms with Gasteiger partial charge in [-0.2, -0.15) is 0 Å². The molecule has 4 amide bonds. The molecule has 4 rings (SSSR count). The summed E-state index contributed by atoms with van der Waals surface area (Å²) in [7, 11) is -4.89. The number of rotatable bonds is 19. The van der Waals surface area contributed by atoms with Crippen LogP contribution in [0.25, 0.3) is 0 Å². The Morgan fingerprint density at radius 3 is 1.28 bits per heavy atom. The summed E-state index contributed by atoms with van der Waals surface area (Å²) in [6, 6.07) is 31.8. The van der Waals surface area contributed by atoms with Gasteiger partial charge in [0.05, 0.1) is 6.04 Å². The molecule has 0 saturated carbocycles. The minimum atomic E-state index is -4.89. The van der Waals surface area contributed by atoms with E-state index in [0.717, 1.165) is 11.1 Å². The highest BCUT2D eigenvalue weighted by molar-refractivity contribution is 7.59. The van der Waals surface area contributed by atoms with E-state index >= 15 is 0 Å². The molecule has 0 heterocycles. The van der Waals surface area contributed by atoms with Gasteiger partial charge in [-0.15, -0.1) is 0 Å². The molecule has 6 N–H and O–H groups in total. The van der Waals surface area contributed by atoms with Crippen LogP contribution >= 0.6 is 7.37 Å². The van der Waals surface area contributed by atoms with Gasteiger partial charge in [0.2, 0.25) is 11.8 Å². The summed E-state index contributed by atoms with van der Waals surface area (Å²) in [5.74, 6) is -6.08. The zero-order valence-electron chi connectivity index (χ0n) is 32.6. The van der Waals surface area contributed by atoms with Crippen molar-refractivity contribution in [3.8, 4) is 0 Å². The average molecular weight is 801 g/mol. The smallest absolute Gasteiger partial charge is 0.408 e. The van der Waals surface area contributed by atoms with E-state index in [0.29, 0.717) is 11.1 Å². The Morgan fingerprint density at radius 2 is 0.895 bits per heavy atom. The second kappa shape index (κ2) is 21.7. The first-order valence-corrected chi connectivity index (χ1v) is 20.7. The summed E-state index contributed by atoms with van der Waals surface area (Å²) in [5.41, 5.74) is 2.72. The van der Waals surface area contributed by atoms with Crippen LogP contribution in [0.5, 0.6) is 0 Å². The second-order valence-electron chi connectivity index (χ2n) is 14.5. The molecule has 0 aromatic heterocycles. The van der Waals surface area contributed by atoms with Gasteiger partial charge in [-0.1, -0.05) is 149 Å². The molecule has 6 unspecified atom stereocenters. The lowest BCUT2D eigenvalue weighted by atomic mass is 10.0. The fourth-order valence-electron chi connectivity index (χ4n) is 6.03. The molecule has 13 nitrogen and oxygen atoms in total. The van der Waals surface area contributed by atoms with Crippen LogP contribution in [0.15, 0.2) is 121 Å². The van der Waals surface area contributed by atoms with Crippen LogP contribution in [0, 0.1) is 11.8 Å². The number of hydrogen-bond donors (Lipinski definition) is 6.